The lowest BCUT2D eigenvalue weighted by Crippen LogP contribution is -2.28. The van der Waals surface area contributed by atoms with Gasteiger partial charge in [0.1, 0.15) is 0 Å². The molecule has 0 aliphatic carbocycles. The number of alkyl halides is 3. The molecule has 0 saturated carbocycles. The number of pyridine rings is 1. The molecule has 0 aliphatic rings. The average molecular weight is 308 g/mol. The zero-order valence-electron chi connectivity index (χ0n) is 9.84. The van der Waals surface area contributed by atoms with Crippen molar-refractivity contribution in [1.82, 2.24) is 15.0 Å². The third-order valence-corrected chi connectivity index (χ3v) is 3.10. The van der Waals surface area contributed by atoms with Gasteiger partial charge in [0.2, 0.25) is 5.95 Å². The fraction of sp³-hybridized carbons (Fsp3) is 0.222. The van der Waals surface area contributed by atoms with Gasteiger partial charge in [0, 0.05) is 18.6 Å². The number of aromatic nitrogens is 3. The third kappa shape index (κ3) is 2.71. The molecule has 2 aromatic rings. The molecule has 108 valence electrons. The Kier molecular flexibility index (Phi) is 3.38. The Hall–Kier alpha value is -2.17. The van der Waals surface area contributed by atoms with E-state index >= 15 is 0 Å². The van der Waals surface area contributed by atoms with E-state index in [1.807, 2.05) is 0 Å². The molecular formula is C9H7F3N4O3S. The Morgan fingerprint density at radius 3 is 2.55 bits per heavy atom. The van der Waals surface area contributed by atoms with Crippen LogP contribution in [0.3, 0.4) is 0 Å². The van der Waals surface area contributed by atoms with E-state index in [9.17, 15) is 21.6 Å². The number of halogens is 3. The normalized spacial score (nSPS) is 12.4. The Labute approximate surface area is 110 Å². The number of anilines is 1. The molecule has 20 heavy (non-hydrogen) atoms. The van der Waals surface area contributed by atoms with E-state index in [2.05, 4.69) is 24.5 Å². The maximum atomic E-state index is 12.2. The van der Waals surface area contributed by atoms with Crippen molar-refractivity contribution in [2.45, 2.75) is 5.51 Å². The second kappa shape index (κ2) is 4.74. The second-order valence-electron chi connectivity index (χ2n) is 3.51. The van der Waals surface area contributed by atoms with Gasteiger partial charge in [-0.2, -0.15) is 26.6 Å². The Morgan fingerprint density at radius 2 is 1.95 bits per heavy atom. The van der Waals surface area contributed by atoms with Gasteiger partial charge in [-0.3, -0.25) is 0 Å². The Morgan fingerprint density at radius 1 is 1.25 bits per heavy atom. The molecule has 2 aromatic heterocycles. The minimum absolute atomic E-state index is 0.182. The summed E-state index contributed by atoms with van der Waals surface area (Å²) in [6, 6.07) is 1.05. The summed E-state index contributed by atoms with van der Waals surface area (Å²) in [7, 11) is -4.15. The lowest BCUT2D eigenvalue weighted by atomic mass is 10.3. The smallest absolute Gasteiger partial charge is 0.374 e. The number of nitrogens with one attached hydrogen (secondary N) is 1. The molecule has 2 heterocycles. The van der Waals surface area contributed by atoms with E-state index in [4.69, 9.17) is 0 Å². The highest BCUT2D eigenvalue weighted by Gasteiger charge is 2.48. The molecule has 0 radical (unpaired) electrons. The summed E-state index contributed by atoms with van der Waals surface area (Å²) in [5, 5.41) is 2.89. The summed E-state index contributed by atoms with van der Waals surface area (Å²) < 4.78 is 62.1. The zero-order valence-corrected chi connectivity index (χ0v) is 10.7. The largest absolute Gasteiger partial charge is 0.534 e. The second-order valence-corrected chi connectivity index (χ2v) is 5.05. The highest BCUT2D eigenvalue weighted by atomic mass is 32.2. The lowest BCUT2D eigenvalue weighted by Gasteiger charge is -2.09. The van der Waals surface area contributed by atoms with E-state index in [1.165, 1.54) is 6.20 Å². The predicted molar refractivity (Wildman–Crippen MR) is 62.5 cm³/mol. The van der Waals surface area contributed by atoms with Gasteiger partial charge >= 0.3 is 15.6 Å². The number of rotatable bonds is 3. The van der Waals surface area contributed by atoms with E-state index in [-0.39, 0.29) is 17.0 Å². The molecule has 0 aliphatic heterocycles. The van der Waals surface area contributed by atoms with Crippen molar-refractivity contribution >= 4 is 27.1 Å². The van der Waals surface area contributed by atoms with Crippen LogP contribution >= 0.6 is 0 Å². The van der Waals surface area contributed by atoms with Gasteiger partial charge in [-0.1, -0.05) is 0 Å². The molecule has 0 spiro atoms. The third-order valence-electron chi connectivity index (χ3n) is 2.12. The van der Waals surface area contributed by atoms with Crippen LogP contribution in [0, 0.1) is 0 Å². The van der Waals surface area contributed by atoms with Crippen LogP contribution in [0.2, 0.25) is 0 Å². The van der Waals surface area contributed by atoms with E-state index in [0.29, 0.717) is 0 Å². The van der Waals surface area contributed by atoms with Crippen molar-refractivity contribution in [2.75, 3.05) is 12.4 Å². The molecular weight excluding hydrogens is 301 g/mol. The van der Waals surface area contributed by atoms with Gasteiger partial charge in [0.15, 0.2) is 11.4 Å². The van der Waals surface area contributed by atoms with Gasteiger partial charge < -0.3 is 9.50 Å². The topological polar surface area (TPSA) is 94.1 Å². The molecule has 0 atom stereocenters. The summed E-state index contributed by atoms with van der Waals surface area (Å²) in [6.07, 6.45) is 2.10. The standard InChI is InChI=1S/C9H7F3N4O3S/c1-13-8-15-3-5-2-6(4-14-7(5)16-8)19-20(17,18)9(10,11)12/h2-4H,1H3,(H,13,14,15,16). The molecule has 0 amide bonds. The highest BCUT2D eigenvalue weighted by Crippen LogP contribution is 2.27. The first-order chi connectivity index (χ1) is 9.23. The van der Waals surface area contributed by atoms with E-state index in [0.717, 1.165) is 12.3 Å². The molecule has 1 N–H and O–H groups in total. The van der Waals surface area contributed by atoms with Gasteiger partial charge in [0.05, 0.1) is 6.20 Å². The Balaban J connectivity index is 2.38. The van der Waals surface area contributed by atoms with Gasteiger partial charge in [-0.15, -0.1) is 0 Å². The van der Waals surface area contributed by atoms with Crippen molar-refractivity contribution < 1.29 is 25.8 Å². The Bertz CT molecular complexity index is 748. The van der Waals surface area contributed by atoms with Crippen LogP contribution < -0.4 is 9.50 Å². The van der Waals surface area contributed by atoms with Gasteiger partial charge in [-0.05, 0) is 6.07 Å². The molecule has 7 nitrogen and oxygen atoms in total. The highest BCUT2D eigenvalue weighted by molar-refractivity contribution is 7.88. The van der Waals surface area contributed by atoms with Crippen LogP contribution in [-0.4, -0.2) is 35.9 Å². The fourth-order valence-corrected chi connectivity index (χ4v) is 1.68. The first-order valence-corrected chi connectivity index (χ1v) is 6.45. The van der Waals surface area contributed by atoms with Gasteiger partial charge in [-0.25, -0.2) is 9.97 Å². The van der Waals surface area contributed by atoms with Crippen LogP contribution in [0.4, 0.5) is 19.1 Å². The summed E-state index contributed by atoms with van der Waals surface area (Å²) >= 11 is 0. The predicted octanol–water partition coefficient (Wildman–Crippen LogP) is 1.29. The first-order valence-electron chi connectivity index (χ1n) is 5.04. The van der Waals surface area contributed by atoms with Crippen LogP contribution in [0.1, 0.15) is 0 Å². The number of hydrogen-bond donors (Lipinski definition) is 1. The molecule has 0 saturated heterocycles. The van der Waals surface area contributed by atoms with Crippen LogP contribution in [0.15, 0.2) is 18.5 Å². The van der Waals surface area contributed by atoms with Crippen molar-refractivity contribution in [3.63, 3.8) is 0 Å². The maximum Gasteiger partial charge on any atom is 0.534 e. The quantitative estimate of drug-likeness (QED) is 0.674. The molecule has 0 fully saturated rings. The number of nitrogens with zero attached hydrogens (tertiary/aromatic N) is 3. The fourth-order valence-electron chi connectivity index (χ4n) is 1.24. The van der Waals surface area contributed by atoms with Crippen LogP contribution in [0.25, 0.3) is 11.0 Å². The monoisotopic (exact) mass is 308 g/mol. The van der Waals surface area contributed by atoms with Crippen molar-refractivity contribution in [3.8, 4) is 5.75 Å². The van der Waals surface area contributed by atoms with Crippen molar-refractivity contribution in [1.29, 1.82) is 0 Å². The molecule has 11 heteroatoms. The summed E-state index contributed by atoms with van der Waals surface area (Å²) in [6.45, 7) is 0. The minimum atomic E-state index is -5.73. The molecule has 0 unspecified atom stereocenters. The summed E-state index contributed by atoms with van der Waals surface area (Å²) in [4.78, 5) is 11.4. The zero-order chi connectivity index (χ0) is 15.0. The number of hydrogen-bond acceptors (Lipinski definition) is 7. The van der Waals surface area contributed by atoms with Crippen LogP contribution in [-0.2, 0) is 10.1 Å². The maximum absolute atomic E-state index is 12.2. The summed E-state index contributed by atoms with van der Waals surface area (Å²) in [5.74, 6) is -0.308. The lowest BCUT2D eigenvalue weighted by molar-refractivity contribution is -0.0500. The SMILES string of the molecule is CNc1ncc2cc(OS(=O)(=O)C(F)(F)F)cnc2n1. The van der Waals surface area contributed by atoms with Gasteiger partial charge in [0.25, 0.3) is 0 Å². The minimum Gasteiger partial charge on any atom is -0.374 e. The van der Waals surface area contributed by atoms with E-state index in [1.54, 1.807) is 7.05 Å². The molecule has 0 bridgehead atoms. The number of fused-ring (bicyclic) bond motifs is 1. The molecule has 0 aromatic carbocycles. The average Bonchev–Trinajstić information content (AvgIpc) is 2.36. The van der Waals surface area contributed by atoms with Crippen molar-refractivity contribution in [2.24, 2.45) is 0 Å². The molecule has 2 rings (SSSR count). The van der Waals surface area contributed by atoms with Crippen LogP contribution in [0.5, 0.6) is 5.75 Å². The van der Waals surface area contributed by atoms with E-state index < -0.39 is 21.4 Å². The van der Waals surface area contributed by atoms with Crippen molar-refractivity contribution in [3.05, 3.63) is 18.5 Å². The first kappa shape index (κ1) is 14.2. The summed E-state index contributed by atoms with van der Waals surface area (Å²) in [5.41, 5.74) is -5.32.